The van der Waals surface area contributed by atoms with Crippen molar-refractivity contribution in [1.29, 1.82) is 0 Å². The minimum Gasteiger partial charge on any atom is -0.357 e. The Labute approximate surface area is 169 Å². The van der Waals surface area contributed by atoms with Gasteiger partial charge in [-0.3, -0.25) is 0 Å². The number of alkyl halides is 3. The van der Waals surface area contributed by atoms with Crippen LogP contribution >= 0.6 is 35.3 Å². The van der Waals surface area contributed by atoms with E-state index in [2.05, 4.69) is 35.4 Å². The molecule has 0 aliphatic carbocycles. The van der Waals surface area contributed by atoms with Gasteiger partial charge >= 0.3 is 6.18 Å². The summed E-state index contributed by atoms with van der Waals surface area (Å²) in [6.07, 6.45) is -2.42. The summed E-state index contributed by atoms with van der Waals surface area (Å²) in [6, 6.07) is 0. The van der Waals surface area contributed by atoms with E-state index in [4.69, 9.17) is 0 Å². The molecule has 144 valence electrons. The molecule has 2 aromatic heterocycles. The summed E-state index contributed by atoms with van der Waals surface area (Å²) in [7, 11) is 0. The summed E-state index contributed by atoms with van der Waals surface area (Å²) in [5, 5.41) is 15.7. The number of fused-ring (bicyclic) bond motifs is 1. The van der Waals surface area contributed by atoms with Crippen LogP contribution in [0.25, 0.3) is 0 Å². The van der Waals surface area contributed by atoms with Crippen molar-refractivity contribution in [3.8, 4) is 0 Å². The van der Waals surface area contributed by atoms with Gasteiger partial charge in [0.1, 0.15) is 17.4 Å². The van der Waals surface area contributed by atoms with Gasteiger partial charge in [0.2, 0.25) is 0 Å². The van der Waals surface area contributed by atoms with Gasteiger partial charge in [-0.1, -0.05) is 0 Å². The summed E-state index contributed by atoms with van der Waals surface area (Å²) in [4.78, 5) is 8.02. The first kappa shape index (κ1) is 20.9. The molecule has 12 heteroatoms. The van der Waals surface area contributed by atoms with Crippen LogP contribution in [-0.2, 0) is 32.2 Å². The molecule has 2 N–H and O–H groups in total. The maximum absolute atomic E-state index is 12.6. The number of thiazole rings is 1. The molecule has 0 amide bonds. The van der Waals surface area contributed by atoms with Crippen molar-refractivity contribution in [2.24, 2.45) is 4.99 Å². The number of guanidine groups is 1. The third kappa shape index (κ3) is 5.05. The van der Waals surface area contributed by atoms with Gasteiger partial charge in [0.15, 0.2) is 17.5 Å². The monoisotopic (exact) mass is 501 g/mol. The molecule has 1 aliphatic heterocycles. The highest BCUT2D eigenvalue weighted by Crippen LogP contribution is 2.29. The van der Waals surface area contributed by atoms with E-state index in [1.54, 1.807) is 0 Å². The predicted octanol–water partition coefficient (Wildman–Crippen LogP) is 2.57. The van der Waals surface area contributed by atoms with Crippen LogP contribution in [0.4, 0.5) is 13.2 Å². The van der Waals surface area contributed by atoms with E-state index in [9.17, 15) is 13.2 Å². The van der Waals surface area contributed by atoms with Crippen LogP contribution in [0.5, 0.6) is 0 Å². The first-order valence-corrected chi connectivity index (χ1v) is 8.80. The minimum absolute atomic E-state index is 0. The smallest absolute Gasteiger partial charge is 0.357 e. The molecule has 0 spiro atoms. The first-order valence-electron chi connectivity index (χ1n) is 7.92. The molecule has 0 fully saturated rings. The molecule has 0 atom stereocenters. The Balaban J connectivity index is 0.00000243. The standard InChI is InChI=1S/C14H18F3N7S.HI/c1-2-18-13(19-6-11-23-22-10-4-3-5-24(10)11)20-7-12-21-9(8-25-12)14(15,16)17;/h8H,2-7H2,1H3,(H2,18,19,20);1H. The van der Waals surface area contributed by atoms with Gasteiger partial charge in [-0.25, -0.2) is 9.98 Å². The highest BCUT2D eigenvalue weighted by Gasteiger charge is 2.33. The van der Waals surface area contributed by atoms with Crippen molar-refractivity contribution in [3.63, 3.8) is 0 Å². The molecule has 0 saturated heterocycles. The molecule has 3 heterocycles. The zero-order valence-electron chi connectivity index (χ0n) is 14.0. The van der Waals surface area contributed by atoms with Gasteiger partial charge in [-0.15, -0.1) is 45.5 Å². The fourth-order valence-corrected chi connectivity index (χ4v) is 3.24. The van der Waals surface area contributed by atoms with Crippen LogP contribution in [0, 0.1) is 0 Å². The molecule has 3 rings (SSSR count). The molecule has 26 heavy (non-hydrogen) atoms. The lowest BCUT2D eigenvalue weighted by molar-refractivity contribution is -0.140. The van der Waals surface area contributed by atoms with E-state index in [-0.39, 0.29) is 30.5 Å². The van der Waals surface area contributed by atoms with Crippen molar-refractivity contribution in [2.45, 2.75) is 45.6 Å². The molecule has 0 radical (unpaired) electrons. The summed E-state index contributed by atoms with van der Waals surface area (Å²) in [6.45, 7) is 3.97. The highest BCUT2D eigenvalue weighted by molar-refractivity contribution is 14.0. The average molecular weight is 501 g/mol. The van der Waals surface area contributed by atoms with Gasteiger partial charge < -0.3 is 15.2 Å². The van der Waals surface area contributed by atoms with E-state index in [0.717, 1.165) is 47.8 Å². The third-order valence-electron chi connectivity index (χ3n) is 3.66. The Bertz CT molecular complexity index is 756. The zero-order chi connectivity index (χ0) is 17.9. The molecule has 2 aromatic rings. The molecule has 0 bridgehead atoms. The van der Waals surface area contributed by atoms with E-state index >= 15 is 0 Å². The van der Waals surface area contributed by atoms with Crippen LogP contribution in [0.15, 0.2) is 10.4 Å². The lowest BCUT2D eigenvalue weighted by Gasteiger charge is -2.10. The number of nitrogens with zero attached hydrogens (tertiary/aromatic N) is 5. The zero-order valence-corrected chi connectivity index (χ0v) is 17.2. The minimum atomic E-state index is -4.42. The summed E-state index contributed by atoms with van der Waals surface area (Å²) in [5.41, 5.74) is -0.865. The molecule has 1 aliphatic rings. The fourth-order valence-electron chi connectivity index (χ4n) is 2.50. The molecule has 7 nitrogen and oxygen atoms in total. The number of aryl methyl sites for hydroxylation is 1. The van der Waals surface area contributed by atoms with E-state index in [1.807, 2.05) is 6.92 Å². The maximum atomic E-state index is 12.6. The topological polar surface area (TPSA) is 80.0 Å². The molecular weight excluding hydrogens is 482 g/mol. The van der Waals surface area contributed by atoms with Crippen LogP contribution in [0.2, 0.25) is 0 Å². The van der Waals surface area contributed by atoms with Crippen molar-refractivity contribution in [2.75, 3.05) is 6.54 Å². The Morgan fingerprint density at radius 1 is 1.35 bits per heavy atom. The first-order chi connectivity index (χ1) is 12.0. The number of halogens is 4. The summed E-state index contributed by atoms with van der Waals surface area (Å²) in [5.74, 6) is 2.27. The number of aromatic nitrogens is 4. The second kappa shape index (κ2) is 8.97. The fraction of sp³-hybridized carbons (Fsp3) is 0.571. The van der Waals surface area contributed by atoms with Crippen molar-refractivity contribution < 1.29 is 13.2 Å². The van der Waals surface area contributed by atoms with E-state index < -0.39 is 11.9 Å². The van der Waals surface area contributed by atoms with E-state index in [0.29, 0.717) is 24.1 Å². The Morgan fingerprint density at radius 2 is 2.15 bits per heavy atom. The van der Waals surface area contributed by atoms with Crippen molar-refractivity contribution >= 4 is 41.3 Å². The van der Waals surface area contributed by atoms with Gasteiger partial charge in [0.25, 0.3) is 0 Å². The number of nitrogens with one attached hydrogen (secondary N) is 2. The maximum Gasteiger partial charge on any atom is 0.434 e. The van der Waals surface area contributed by atoms with Crippen LogP contribution < -0.4 is 10.6 Å². The quantitative estimate of drug-likeness (QED) is 0.374. The Morgan fingerprint density at radius 3 is 2.85 bits per heavy atom. The molecule has 0 saturated carbocycles. The lowest BCUT2D eigenvalue weighted by Crippen LogP contribution is -2.36. The lowest BCUT2D eigenvalue weighted by atomic mass is 10.4. The molecule has 0 unspecified atom stereocenters. The van der Waals surface area contributed by atoms with Gasteiger partial charge in [-0.2, -0.15) is 13.2 Å². The average Bonchev–Trinajstić information content (AvgIpc) is 3.26. The van der Waals surface area contributed by atoms with Gasteiger partial charge in [-0.05, 0) is 13.3 Å². The van der Waals surface area contributed by atoms with Gasteiger partial charge in [0, 0.05) is 24.9 Å². The number of aliphatic imine (C=N–C) groups is 1. The molecular formula is C14H19F3IN7S. The number of rotatable bonds is 5. The number of hydrogen-bond acceptors (Lipinski definition) is 5. The second-order valence-corrected chi connectivity index (χ2v) is 6.40. The summed E-state index contributed by atoms with van der Waals surface area (Å²) >= 11 is 0.966. The molecule has 0 aromatic carbocycles. The van der Waals surface area contributed by atoms with Crippen molar-refractivity contribution in [3.05, 3.63) is 27.7 Å². The van der Waals surface area contributed by atoms with E-state index in [1.165, 1.54) is 0 Å². The van der Waals surface area contributed by atoms with Crippen LogP contribution in [0.3, 0.4) is 0 Å². The number of hydrogen-bond donors (Lipinski definition) is 2. The van der Waals surface area contributed by atoms with Crippen LogP contribution in [-0.4, -0.2) is 32.3 Å². The third-order valence-corrected chi connectivity index (χ3v) is 4.51. The normalized spacial score (nSPS) is 14.1. The Hall–Kier alpha value is -1.44. The SMILES string of the molecule is CCNC(=NCc1nnc2n1CCC2)NCc1nc(C(F)(F)F)cs1.I. The largest absolute Gasteiger partial charge is 0.434 e. The van der Waals surface area contributed by atoms with Gasteiger partial charge in [0.05, 0.1) is 6.54 Å². The predicted molar refractivity (Wildman–Crippen MR) is 103 cm³/mol. The Kier molecular flexibility index (Phi) is 7.20. The highest BCUT2D eigenvalue weighted by atomic mass is 127. The summed E-state index contributed by atoms with van der Waals surface area (Å²) < 4.78 is 39.8. The van der Waals surface area contributed by atoms with Crippen molar-refractivity contribution in [1.82, 2.24) is 30.4 Å². The second-order valence-electron chi connectivity index (χ2n) is 5.46. The van der Waals surface area contributed by atoms with Crippen LogP contribution in [0.1, 0.15) is 35.7 Å².